The molecule has 29 heavy (non-hydrogen) atoms. The van der Waals surface area contributed by atoms with Crippen LogP contribution in [0.4, 0.5) is 5.69 Å². The minimum absolute atomic E-state index is 0.128. The van der Waals surface area contributed by atoms with Crippen LogP contribution in [0.25, 0.3) is 0 Å². The number of hydrogen-bond donors (Lipinski definition) is 3. The quantitative estimate of drug-likeness (QED) is 0.634. The summed E-state index contributed by atoms with van der Waals surface area (Å²) in [4.78, 5) is 34.9. The van der Waals surface area contributed by atoms with Crippen molar-refractivity contribution in [3.05, 3.63) is 59.2 Å². The smallest absolute Gasteiger partial charge is 0.322 e. The molecule has 154 valence electrons. The van der Waals surface area contributed by atoms with E-state index in [0.29, 0.717) is 5.75 Å². The van der Waals surface area contributed by atoms with Crippen LogP contribution in [0.15, 0.2) is 42.5 Å². The Morgan fingerprint density at radius 1 is 1.00 bits per heavy atom. The average molecular weight is 398 g/mol. The highest BCUT2D eigenvalue weighted by molar-refractivity contribution is 5.92. The minimum atomic E-state index is -1.24. The van der Waals surface area contributed by atoms with Crippen LogP contribution in [0.1, 0.15) is 30.5 Å². The molecule has 0 radical (unpaired) electrons. The van der Waals surface area contributed by atoms with Crippen molar-refractivity contribution in [2.75, 3.05) is 11.9 Å². The molecule has 0 aliphatic carbocycles. The van der Waals surface area contributed by atoms with Crippen LogP contribution in [0, 0.1) is 13.8 Å². The Balaban J connectivity index is 1.94. The van der Waals surface area contributed by atoms with Gasteiger partial charge in [0.2, 0.25) is 5.91 Å². The van der Waals surface area contributed by atoms with Crippen LogP contribution >= 0.6 is 0 Å². The Bertz CT molecular complexity index is 884. The number of carbonyl (C=O) groups is 3. The van der Waals surface area contributed by atoms with Gasteiger partial charge < -0.3 is 20.5 Å². The van der Waals surface area contributed by atoms with Crippen molar-refractivity contribution in [2.45, 2.75) is 39.7 Å². The molecule has 0 fully saturated rings. The maximum Gasteiger partial charge on any atom is 0.322 e. The number of carboxylic acids is 1. The molecule has 2 aromatic carbocycles. The molecule has 2 amide bonds. The van der Waals surface area contributed by atoms with Gasteiger partial charge in [0, 0.05) is 5.69 Å². The zero-order valence-electron chi connectivity index (χ0n) is 17.0. The van der Waals surface area contributed by atoms with Crippen LogP contribution in [0.5, 0.6) is 5.75 Å². The summed E-state index contributed by atoms with van der Waals surface area (Å²) in [7, 11) is 0. The van der Waals surface area contributed by atoms with E-state index in [4.69, 9.17) is 9.84 Å². The fourth-order valence-electron chi connectivity index (χ4n) is 2.82. The van der Waals surface area contributed by atoms with Crippen molar-refractivity contribution in [1.29, 1.82) is 0 Å². The molecule has 7 nitrogen and oxygen atoms in total. The molecule has 0 saturated carbocycles. The maximum atomic E-state index is 12.3. The van der Waals surface area contributed by atoms with Gasteiger partial charge in [-0.2, -0.15) is 0 Å². The van der Waals surface area contributed by atoms with Crippen molar-refractivity contribution in [3.8, 4) is 5.75 Å². The topological polar surface area (TPSA) is 105 Å². The summed E-state index contributed by atoms with van der Waals surface area (Å²) in [5.41, 5.74) is 2.49. The van der Waals surface area contributed by atoms with Gasteiger partial charge in [0.15, 0.2) is 5.60 Å². The van der Waals surface area contributed by atoms with Gasteiger partial charge in [-0.15, -0.1) is 0 Å². The predicted molar refractivity (Wildman–Crippen MR) is 110 cm³/mol. The fraction of sp³-hybridized carbons (Fsp3) is 0.318. The molecule has 0 aliphatic heterocycles. The van der Waals surface area contributed by atoms with E-state index in [1.807, 2.05) is 32.0 Å². The second-order valence-electron chi connectivity index (χ2n) is 7.43. The van der Waals surface area contributed by atoms with Crippen LogP contribution < -0.4 is 15.4 Å². The summed E-state index contributed by atoms with van der Waals surface area (Å²) >= 11 is 0. The molecule has 0 aromatic heterocycles. The molecular weight excluding hydrogens is 372 g/mol. The monoisotopic (exact) mass is 398 g/mol. The van der Waals surface area contributed by atoms with E-state index in [-0.39, 0.29) is 12.3 Å². The molecule has 0 saturated heterocycles. The molecule has 0 unspecified atom stereocenters. The lowest BCUT2D eigenvalue weighted by atomic mass is 10.1. The molecule has 3 N–H and O–H groups in total. The summed E-state index contributed by atoms with van der Waals surface area (Å²) in [5, 5.41) is 13.8. The van der Waals surface area contributed by atoms with Gasteiger partial charge in [-0.05, 0) is 68.7 Å². The second kappa shape index (κ2) is 9.23. The van der Waals surface area contributed by atoms with Gasteiger partial charge in [-0.25, -0.2) is 0 Å². The first-order valence-corrected chi connectivity index (χ1v) is 9.21. The van der Waals surface area contributed by atoms with E-state index in [9.17, 15) is 14.4 Å². The zero-order valence-corrected chi connectivity index (χ0v) is 17.0. The molecule has 2 rings (SSSR count). The lowest BCUT2D eigenvalue weighted by Gasteiger charge is -2.25. The first kappa shape index (κ1) is 21.9. The number of carboxylic acid groups (broad SMARTS) is 1. The molecular formula is C22H26N2O5. The van der Waals surface area contributed by atoms with E-state index in [1.165, 1.54) is 0 Å². The number of benzene rings is 2. The number of ether oxygens (including phenoxy) is 1. The van der Waals surface area contributed by atoms with Gasteiger partial charge in [-0.3, -0.25) is 14.4 Å². The SMILES string of the molecule is Cc1cc(C)cc(NC(=O)Cc2ccc(OC(C)(C)C(=O)NCC(=O)O)cc2)c1. The zero-order chi connectivity index (χ0) is 21.6. The lowest BCUT2D eigenvalue weighted by molar-refractivity contribution is -0.141. The Kier molecular flexibility index (Phi) is 6.98. The Labute approximate surface area is 170 Å². The summed E-state index contributed by atoms with van der Waals surface area (Å²) < 4.78 is 5.67. The van der Waals surface area contributed by atoms with E-state index in [1.54, 1.807) is 38.1 Å². The number of hydrogen-bond acceptors (Lipinski definition) is 4. The largest absolute Gasteiger partial charge is 0.480 e. The lowest BCUT2D eigenvalue weighted by Crippen LogP contribution is -2.47. The summed E-state index contributed by atoms with van der Waals surface area (Å²) in [6.45, 7) is 6.58. The molecule has 0 bridgehead atoms. The van der Waals surface area contributed by atoms with Crippen molar-refractivity contribution in [2.24, 2.45) is 0 Å². The third-order valence-corrected chi connectivity index (χ3v) is 4.11. The number of carbonyl (C=O) groups excluding carboxylic acids is 2. The summed E-state index contributed by atoms with van der Waals surface area (Å²) in [6, 6.07) is 12.7. The van der Waals surface area contributed by atoms with E-state index in [2.05, 4.69) is 10.6 Å². The molecule has 7 heteroatoms. The van der Waals surface area contributed by atoms with Crippen molar-refractivity contribution in [3.63, 3.8) is 0 Å². The first-order chi connectivity index (χ1) is 13.5. The van der Waals surface area contributed by atoms with Gasteiger partial charge in [-0.1, -0.05) is 18.2 Å². The van der Waals surface area contributed by atoms with E-state index >= 15 is 0 Å². The van der Waals surface area contributed by atoms with Crippen molar-refractivity contribution >= 4 is 23.5 Å². The van der Waals surface area contributed by atoms with Gasteiger partial charge in [0.1, 0.15) is 12.3 Å². The van der Waals surface area contributed by atoms with Crippen LogP contribution in [-0.4, -0.2) is 35.0 Å². The van der Waals surface area contributed by atoms with Crippen LogP contribution in [-0.2, 0) is 20.8 Å². The highest BCUT2D eigenvalue weighted by Crippen LogP contribution is 2.20. The van der Waals surface area contributed by atoms with Crippen LogP contribution in [0.3, 0.4) is 0 Å². The number of rotatable bonds is 8. The van der Waals surface area contributed by atoms with Crippen molar-refractivity contribution in [1.82, 2.24) is 5.32 Å². The van der Waals surface area contributed by atoms with Crippen molar-refractivity contribution < 1.29 is 24.2 Å². The highest BCUT2D eigenvalue weighted by atomic mass is 16.5. The molecule has 0 heterocycles. The number of amides is 2. The molecule has 0 aliphatic rings. The highest BCUT2D eigenvalue weighted by Gasteiger charge is 2.30. The second-order valence-corrected chi connectivity index (χ2v) is 7.43. The Morgan fingerprint density at radius 3 is 2.14 bits per heavy atom. The Hall–Kier alpha value is -3.35. The summed E-state index contributed by atoms with van der Waals surface area (Å²) in [6.07, 6.45) is 0.204. The third-order valence-electron chi connectivity index (χ3n) is 4.11. The fourth-order valence-corrected chi connectivity index (χ4v) is 2.82. The standard InChI is InChI=1S/C22H26N2O5/c1-14-9-15(2)11-17(10-14)24-19(25)12-16-5-7-18(8-6-16)29-22(3,4)21(28)23-13-20(26)27/h5-11H,12-13H2,1-4H3,(H,23,28)(H,24,25)(H,26,27). The van der Waals surface area contributed by atoms with E-state index in [0.717, 1.165) is 22.4 Å². The molecule has 0 atom stereocenters. The molecule has 0 spiro atoms. The number of anilines is 1. The van der Waals surface area contributed by atoms with Gasteiger partial charge >= 0.3 is 5.97 Å². The minimum Gasteiger partial charge on any atom is -0.480 e. The maximum absolute atomic E-state index is 12.3. The summed E-state index contributed by atoms with van der Waals surface area (Å²) in [5.74, 6) is -1.34. The predicted octanol–water partition coefficient (Wildman–Crippen LogP) is 2.84. The number of aliphatic carboxylic acids is 1. The third kappa shape index (κ3) is 6.95. The Morgan fingerprint density at radius 2 is 1.59 bits per heavy atom. The number of nitrogens with one attached hydrogen (secondary N) is 2. The normalized spacial score (nSPS) is 10.9. The van der Waals surface area contributed by atoms with Gasteiger partial charge in [0.25, 0.3) is 5.91 Å². The van der Waals surface area contributed by atoms with Crippen LogP contribution in [0.2, 0.25) is 0 Å². The number of aryl methyl sites for hydroxylation is 2. The average Bonchev–Trinajstić information content (AvgIpc) is 2.60. The van der Waals surface area contributed by atoms with Gasteiger partial charge in [0.05, 0.1) is 6.42 Å². The first-order valence-electron chi connectivity index (χ1n) is 9.21. The van der Waals surface area contributed by atoms with E-state index < -0.39 is 24.0 Å². The molecule has 2 aromatic rings.